The van der Waals surface area contributed by atoms with E-state index in [1.165, 1.54) is 0 Å². The van der Waals surface area contributed by atoms with Crippen molar-refractivity contribution < 1.29 is 9.53 Å². The van der Waals surface area contributed by atoms with Gasteiger partial charge in [0, 0.05) is 18.7 Å². The number of ether oxygens (including phenoxy) is 1. The lowest BCUT2D eigenvalue weighted by atomic mass is 10.1. The minimum absolute atomic E-state index is 0.187. The molecule has 1 heterocycles. The van der Waals surface area contributed by atoms with Gasteiger partial charge in [-0.25, -0.2) is 0 Å². The zero-order chi connectivity index (χ0) is 13.7. The van der Waals surface area contributed by atoms with Crippen molar-refractivity contribution in [3.63, 3.8) is 0 Å². The van der Waals surface area contributed by atoms with Crippen molar-refractivity contribution in [3.8, 4) is 5.75 Å². The van der Waals surface area contributed by atoms with E-state index in [1.807, 2.05) is 24.3 Å². The van der Waals surface area contributed by atoms with Crippen LogP contribution in [0.1, 0.15) is 16.8 Å². The molecule has 1 aliphatic rings. The molecular weight excluding hydrogens is 240 g/mol. The fraction of sp³-hybridized carbons (Fsp3) is 0.533. The van der Waals surface area contributed by atoms with Gasteiger partial charge in [-0.15, -0.1) is 0 Å². The Kier molecular flexibility index (Phi) is 4.93. The van der Waals surface area contributed by atoms with E-state index < -0.39 is 0 Å². The quantitative estimate of drug-likeness (QED) is 0.770. The summed E-state index contributed by atoms with van der Waals surface area (Å²) in [4.78, 5) is 16.8. The van der Waals surface area contributed by atoms with Gasteiger partial charge in [0.15, 0.2) is 5.78 Å². The zero-order valence-electron chi connectivity index (χ0n) is 11.8. The summed E-state index contributed by atoms with van der Waals surface area (Å²) in [6, 6.07) is 7.35. The van der Waals surface area contributed by atoms with Gasteiger partial charge >= 0.3 is 0 Å². The van der Waals surface area contributed by atoms with Crippen molar-refractivity contribution in [2.75, 3.05) is 46.9 Å². The summed E-state index contributed by atoms with van der Waals surface area (Å²) in [7, 11) is 3.76. The summed E-state index contributed by atoms with van der Waals surface area (Å²) in [5, 5.41) is 0. The Morgan fingerprint density at radius 2 is 1.89 bits per heavy atom. The molecule has 0 saturated carbocycles. The highest BCUT2D eigenvalue weighted by Crippen LogP contribution is 2.12. The Labute approximate surface area is 115 Å². The Hall–Kier alpha value is -1.39. The number of likely N-dealkylation sites (N-methyl/N-ethyl adjacent to an activating group) is 1. The highest BCUT2D eigenvalue weighted by Gasteiger charge is 2.16. The topological polar surface area (TPSA) is 32.8 Å². The molecule has 1 fully saturated rings. The number of hydrogen-bond donors (Lipinski definition) is 0. The largest absolute Gasteiger partial charge is 0.497 e. The molecule has 0 unspecified atom stereocenters. The Morgan fingerprint density at radius 3 is 2.58 bits per heavy atom. The molecule has 1 saturated heterocycles. The number of carbonyl (C=O) groups excluding carboxylic acids is 1. The van der Waals surface area contributed by atoms with Gasteiger partial charge in [-0.2, -0.15) is 0 Å². The maximum atomic E-state index is 12.2. The summed E-state index contributed by atoms with van der Waals surface area (Å²) in [6.07, 6.45) is 1.13. The number of carbonyl (C=O) groups is 1. The molecule has 0 bridgehead atoms. The highest BCUT2D eigenvalue weighted by atomic mass is 16.5. The first-order valence-electron chi connectivity index (χ1n) is 6.77. The molecule has 1 aliphatic heterocycles. The third kappa shape index (κ3) is 4.04. The van der Waals surface area contributed by atoms with Crippen molar-refractivity contribution >= 4 is 5.78 Å². The van der Waals surface area contributed by atoms with Gasteiger partial charge in [0.05, 0.1) is 13.7 Å². The third-order valence-corrected chi connectivity index (χ3v) is 3.59. The summed E-state index contributed by atoms with van der Waals surface area (Å²) >= 11 is 0. The van der Waals surface area contributed by atoms with E-state index in [9.17, 15) is 4.79 Å². The lowest BCUT2D eigenvalue weighted by Crippen LogP contribution is -2.33. The highest BCUT2D eigenvalue weighted by molar-refractivity contribution is 5.97. The van der Waals surface area contributed by atoms with Gasteiger partial charge in [0.2, 0.25) is 0 Å². The normalized spacial score (nSPS) is 18.0. The Bertz CT molecular complexity index is 417. The molecule has 19 heavy (non-hydrogen) atoms. The van der Waals surface area contributed by atoms with Gasteiger partial charge in [0.25, 0.3) is 0 Å². The lowest BCUT2D eigenvalue weighted by Gasteiger charge is -2.19. The number of nitrogens with zero attached hydrogens (tertiary/aromatic N) is 2. The van der Waals surface area contributed by atoms with Gasteiger partial charge in [-0.05, 0) is 50.8 Å². The smallest absolute Gasteiger partial charge is 0.176 e. The standard InChI is InChI=1S/C15H22N2O2/c1-16-8-3-9-17(11-10-16)12-15(18)13-4-6-14(19-2)7-5-13/h4-7H,3,8-12H2,1-2H3. The van der Waals surface area contributed by atoms with Crippen LogP contribution < -0.4 is 4.74 Å². The number of Topliss-reactive ketones (excluding diaryl/α,β-unsaturated/α-hetero) is 1. The Balaban J connectivity index is 1.92. The van der Waals surface area contributed by atoms with Crippen molar-refractivity contribution in [3.05, 3.63) is 29.8 Å². The monoisotopic (exact) mass is 262 g/mol. The van der Waals surface area contributed by atoms with E-state index in [1.54, 1.807) is 7.11 Å². The summed E-state index contributed by atoms with van der Waals surface area (Å²) in [5.41, 5.74) is 0.762. The van der Waals surface area contributed by atoms with E-state index in [-0.39, 0.29) is 5.78 Å². The van der Waals surface area contributed by atoms with Crippen LogP contribution in [-0.2, 0) is 0 Å². The fourth-order valence-corrected chi connectivity index (χ4v) is 2.33. The summed E-state index contributed by atoms with van der Waals surface area (Å²) in [5.74, 6) is 0.972. The van der Waals surface area contributed by atoms with Crippen LogP contribution >= 0.6 is 0 Å². The van der Waals surface area contributed by atoms with Crippen molar-refractivity contribution in [2.24, 2.45) is 0 Å². The molecule has 104 valence electrons. The molecule has 0 radical (unpaired) electrons. The Morgan fingerprint density at radius 1 is 1.16 bits per heavy atom. The van der Waals surface area contributed by atoms with E-state index >= 15 is 0 Å². The van der Waals surface area contributed by atoms with Crippen LogP contribution in [0, 0.1) is 0 Å². The molecule has 1 aromatic rings. The van der Waals surface area contributed by atoms with Crippen LogP contribution in [0.2, 0.25) is 0 Å². The van der Waals surface area contributed by atoms with Crippen LogP contribution in [0.3, 0.4) is 0 Å². The average molecular weight is 262 g/mol. The summed E-state index contributed by atoms with van der Waals surface area (Å²) in [6.45, 7) is 4.65. The molecule has 0 aliphatic carbocycles. The first kappa shape index (κ1) is 14.0. The van der Waals surface area contributed by atoms with Crippen LogP contribution in [0.5, 0.6) is 5.75 Å². The van der Waals surface area contributed by atoms with Crippen LogP contribution in [0.25, 0.3) is 0 Å². The second-order valence-electron chi connectivity index (χ2n) is 5.08. The number of ketones is 1. The van der Waals surface area contributed by atoms with E-state index in [4.69, 9.17) is 4.74 Å². The molecule has 2 rings (SSSR count). The van der Waals surface area contributed by atoms with E-state index in [0.717, 1.165) is 43.9 Å². The first-order valence-corrected chi connectivity index (χ1v) is 6.77. The number of rotatable bonds is 4. The van der Waals surface area contributed by atoms with Crippen LogP contribution in [0.4, 0.5) is 0 Å². The number of hydrogen-bond acceptors (Lipinski definition) is 4. The van der Waals surface area contributed by atoms with Gasteiger partial charge in [0.1, 0.15) is 5.75 Å². The molecule has 0 aromatic heterocycles. The number of benzene rings is 1. The van der Waals surface area contributed by atoms with Crippen LogP contribution in [-0.4, -0.2) is 62.5 Å². The molecule has 0 amide bonds. The van der Waals surface area contributed by atoms with Crippen molar-refractivity contribution in [2.45, 2.75) is 6.42 Å². The molecule has 1 aromatic carbocycles. The zero-order valence-corrected chi connectivity index (χ0v) is 11.8. The molecule has 0 N–H and O–H groups in total. The molecule has 0 atom stereocenters. The lowest BCUT2D eigenvalue weighted by molar-refractivity contribution is 0.0933. The molecule has 4 nitrogen and oxygen atoms in total. The average Bonchev–Trinajstić information content (AvgIpc) is 2.64. The van der Waals surface area contributed by atoms with Gasteiger partial charge in [-0.3, -0.25) is 9.69 Å². The predicted octanol–water partition coefficient (Wildman–Crippen LogP) is 1.52. The third-order valence-electron chi connectivity index (χ3n) is 3.59. The SMILES string of the molecule is COc1ccc(C(=O)CN2CCCN(C)CC2)cc1. The molecule has 0 spiro atoms. The summed E-state index contributed by atoms with van der Waals surface area (Å²) < 4.78 is 5.10. The minimum atomic E-state index is 0.187. The molecule has 4 heteroatoms. The maximum Gasteiger partial charge on any atom is 0.176 e. The fourth-order valence-electron chi connectivity index (χ4n) is 2.33. The van der Waals surface area contributed by atoms with E-state index in [2.05, 4.69) is 16.8 Å². The second kappa shape index (κ2) is 6.68. The van der Waals surface area contributed by atoms with Crippen molar-refractivity contribution in [1.82, 2.24) is 9.80 Å². The number of methoxy groups -OCH3 is 1. The molecular formula is C15H22N2O2. The van der Waals surface area contributed by atoms with Crippen molar-refractivity contribution in [1.29, 1.82) is 0 Å². The minimum Gasteiger partial charge on any atom is -0.497 e. The predicted molar refractivity (Wildman–Crippen MR) is 75.9 cm³/mol. The van der Waals surface area contributed by atoms with Gasteiger partial charge < -0.3 is 9.64 Å². The maximum absolute atomic E-state index is 12.2. The van der Waals surface area contributed by atoms with E-state index in [0.29, 0.717) is 6.54 Å². The second-order valence-corrected chi connectivity index (χ2v) is 5.08. The first-order chi connectivity index (χ1) is 9.19. The van der Waals surface area contributed by atoms with Crippen LogP contribution in [0.15, 0.2) is 24.3 Å². The van der Waals surface area contributed by atoms with Gasteiger partial charge in [-0.1, -0.05) is 0 Å².